The molecule has 0 saturated heterocycles. The van der Waals surface area contributed by atoms with Crippen molar-refractivity contribution in [3.05, 3.63) is 72.3 Å². The van der Waals surface area contributed by atoms with Gasteiger partial charge in [-0.1, -0.05) is 36.4 Å². The van der Waals surface area contributed by atoms with E-state index in [2.05, 4.69) is 10.5 Å². The molecular weight excluding hydrogens is 304 g/mol. The second-order valence-corrected chi connectivity index (χ2v) is 5.15. The molecule has 3 rings (SSSR count). The molecule has 2 N–H and O–H groups in total. The SMILES string of the molecule is O=C(COc1cccc2ccccc12)N/N=C/c1ccc(O)cc1. The summed E-state index contributed by atoms with van der Waals surface area (Å²) in [4.78, 5) is 11.8. The van der Waals surface area contributed by atoms with Crippen LogP contribution < -0.4 is 10.2 Å². The summed E-state index contributed by atoms with van der Waals surface area (Å²) < 4.78 is 5.58. The summed E-state index contributed by atoms with van der Waals surface area (Å²) in [5, 5.41) is 15.1. The molecule has 3 aromatic carbocycles. The highest BCUT2D eigenvalue weighted by molar-refractivity contribution is 5.89. The van der Waals surface area contributed by atoms with Gasteiger partial charge in [-0.05, 0) is 41.3 Å². The van der Waals surface area contributed by atoms with E-state index in [1.807, 2.05) is 42.5 Å². The van der Waals surface area contributed by atoms with Crippen LogP contribution in [0.1, 0.15) is 5.56 Å². The molecule has 0 aliphatic carbocycles. The number of carbonyl (C=O) groups excluding carboxylic acids is 1. The molecule has 5 nitrogen and oxygen atoms in total. The van der Waals surface area contributed by atoms with E-state index < -0.39 is 0 Å². The number of hydrogen-bond acceptors (Lipinski definition) is 4. The van der Waals surface area contributed by atoms with Crippen LogP contribution in [0.15, 0.2) is 71.8 Å². The van der Waals surface area contributed by atoms with Crippen LogP contribution in [0.2, 0.25) is 0 Å². The van der Waals surface area contributed by atoms with Crippen molar-refractivity contribution in [2.45, 2.75) is 0 Å². The highest BCUT2D eigenvalue weighted by atomic mass is 16.5. The number of ether oxygens (including phenoxy) is 1. The molecular formula is C19H16N2O3. The average Bonchev–Trinajstić information content (AvgIpc) is 2.61. The van der Waals surface area contributed by atoms with E-state index in [1.54, 1.807) is 24.3 Å². The van der Waals surface area contributed by atoms with Gasteiger partial charge in [-0.3, -0.25) is 4.79 Å². The zero-order valence-corrected chi connectivity index (χ0v) is 12.8. The monoisotopic (exact) mass is 320 g/mol. The largest absolute Gasteiger partial charge is 0.508 e. The molecule has 0 bridgehead atoms. The Morgan fingerprint density at radius 2 is 1.79 bits per heavy atom. The fourth-order valence-corrected chi connectivity index (χ4v) is 2.24. The second kappa shape index (κ2) is 7.28. The fourth-order valence-electron chi connectivity index (χ4n) is 2.24. The average molecular weight is 320 g/mol. The number of aromatic hydroxyl groups is 1. The minimum absolute atomic E-state index is 0.124. The normalized spacial score (nSPS) is 10.8. The minimum Gasteiger partial charge on any atom is -0.508 e. The summed E-state index contributed by atoms with van der Waals surface area (Å²) in [5.74, 6) is 0.489. The maximum Gasteiger partial charge on any atom is 0.277 e. The van der Waals surface area contributed by atoms with Crippen LogP contribution in [0.25, 0.3) is 10.8 Å². The Hall–Kier alpha value is -3.34. The third-order valence-corrected chi connectivity index (χ3v) is 3.40. The van der Waals surface area contributed by atoms with E-state index in [9.17, 15) is 9.90 Å². The predicted molar refractivity (Wildman–Crippen MR) is 93.3 cm³/mol. The number of phenols is 1. The number of benzene rings is 3. The van der Waals surface area contributed by atoms with Crippen LogP contribution >= 0.6 is 0 Å². The van der Waals surface area contributed by atoms with Crippen molar-refractivity contribution < 1.29 is 14.6 Å². The van der Waals surface area contributed by atoms with Crippen LogP contribution in [0, 0.1) is 0 Å². The van der Waals surface area contributed by atoms with Gasteiger partial charge in [0.2, 0.25) is 0 Å². The Bertz CT molecular complexity index is 868. The zero-order valence-electron chi connectivity index (χ0n) is 12.8. The molecule has 0 unspecified atom stereocenters. The molecule has 0 aliphatic rings. The summed E-state index contributed by atoms with van der Waals surface area (Å²) in [7, 11) is 0. The van der Waals surface area contributed by atoms with Crippen molar-refractivity contribution in [2.75, 3.05) is 6.61 Å². The van der Waals surface area contributed by atoms with E-state index in [0.717, 1.165) is 16.3 Å². The number of carbonyl (C=O) groups is 1. The highest BCUT2D eigenvalue weighted by Gasteiger charge is 2.04. The first-order chi connectivity index (χ1) is 11.7. The number of rotatable bonds is 5. The lowest BCUT2D eigenvalue weighted by Crippen LogP contribution is -2.24. The number of fused-ring (bicyclic) bond motifs is 1. The van der Waals surface area contributed by atoms with Gasteiger partial charge in [0.15, 0.2) is 6.61 Å². The molecule has 0 heterocycles. The lowest BCUT2D eigenvalue weighted by Gasteiger charge is -2.08. The summed E-state index contributed by atoms with van der Waals surface area (Å²) in [6.07, 6.45) is 1.50. The van der Waals surface area contributed by atoms with Gasteiger partial charge < -0.3 is 9.84 Å². The molecule has 24 heavy (non-hydrogen) atoms. The molecule has 3 aromatic rings. The Morgan fingerprint density at radius 3 is 2.62 bits per heavy atom. The van der Waals surface area contributed by atoms with Crippen LogP contribution in [-0.2, 0) is 4.79 Å². The van der Waals surface area contributed by atoms with Gasteiger partial charge in [-0.25, -0.2) is 5.43 Å². The summed E-state index contributed by atoms with van der Waals surface area (Å²) in [5.41, 5.74) is 3.17. The maximum absolute atomic E-state index is 11.8. The van der Waals surface area contributed by atoms with Gasteiger partial charge in [-0.2, -0.15) is 5.10 Å². The Morgan fingerprint density at radius 1 is 1.04 bits per heavy atom. The molecule has 1 amide bonds. The zero-order chi connectivity index (χ0) is 16.8. The second-order valence-electron chi connectivity index (χ2n) is 5.15. The smallest absolute Gasteiger partial charge is 0.277 e. The van der Waals surface area contributed by atoms with Crippen molar-refractivity contribution >= 4 is 22.9 Å². The summed E-state index contributed by atoms with van der Waals surface area (Å²) in [6, 6.07) is 20.0. The third-order valence-electron chi connectivity index (χ3n) is 3.40. The molecule has 0 aromatic heterocycles. The molecule has 0 saturated carbocycles. The minimum atomic E-state index is -0.349. The van der Waals surface area contributed by atoms with E-state index in [0.29, 0.717) is 5.75 Å². The van der Waals surface area contributed by atoms with Crippen molar-refractivity contribution in [1.29, 1.82) is 0 Å². The van der Waals surface area contributed by atoms with Gasteiger partial charge in [0, 0.05) is 5.39 Å². The van der Waals surface area contributed by atoms with E-state index in [4.69, 9.17) is 4.74 Å². The Labute approximate surface area is 139 Å². The van der Waals surface area contributed by atoms with Crippen LogP contribution in [0.4, 0.5) is 0 Å². The first-order valence-corrected chi connectivity index (χ1v) is 7.44. The van der Waals surface area contributed by atoms with Gasteiger partial charge in [0.25, 0.3) is 5.91 Å². The third kappa shape index (κ3) is 3.89. The molecule has 0 fully saturated rings. The van der Waals surface area contributed by atoms with E-state index >= 15 is 0 Å². The van der Waals surface area contributed by atoms with Gasteiger partial charge in [0.05, 0.1) is 6.21 Å². The maximum atomic E-state index is 11.8. The van der Waals surface area contributed by atoms with E-state index in [-0.39, 0.29) is 18.3 Å². The van der Waals surface area contributed by atoms with E-state index in [1.165, 1.54) is 6.21 Å². The lowest BCUT2D eigenvalue weighted by molar-refractivity contribution is -0.123. The van der Waals surface area contributed by atoms with Gasteiger partial charge in [0.1, 0.15) is 11.5 Å². The van der Waals surface area contributed by atoms with Gasteiger partial charge >= 0.3 is 0 Å². The first kappa shape index (κ1) is 15.6. The molecule has 120 valence electrons. The molecule has 0 spiro atoms. The number of nitrogens with zero attached hydrogens (tertiary/aromatic N) is 1. The number of phenolic OH excluding ortho intramolecular Hbond substituents is 1. The number of hydrazone groups is 1. The van der Waals surface area contributed by atoms with Crippen molar-refractivity contribution in [3.63, 3.8) is 0 Å². The molecule has 0 aliphatic heterocycles. The molecule has 5 heteroatoms. The number of nitrogens with one attached hydrogen (secondary N) is 1. The standard InChI is InChI=1S/C19H16N2O3/c22-16-10-8-14(9-11-16)12-20-21-19(23)13-24-18-7-3-5-15-4-1-2-6-17(15)18/h1-12,22H,13H2,(H,21,23)/b20-12+. The van der Waals surface area contributed by atoms with Crippen LogP contribution in [0.3, 0.4) is 0 Å². The van der Waals surface area contributed by atoms with Crippen LogP contribution in [0.5, 0.6) is 11.5 Å². The lowest BCUT2D eigenvalue weighted by atomic mass is 10.1. The predicted octanol–water partition coefficient (Wildman–Crippen LogP) is 3.07. The van der Waals surface area contributed by atoms with Crippen molar-refractivity contribution in [1.82, 2.24) is 5.43 Å². The van der Waals surface area contributed by atoms with Crippen molar-refractivity contribution in [2.24, 2.45) is 5.10 Å². The van der Waals surface area contributed by atoms with Crippen LogP contribution in [-0.4, -0.2) is 23.8 Å². The topological polar surface area (TPSA) is 70.9 Å². The fraction of sp³-hybridized carbons (Fsp3) is 0.0526. The quantitative estimate of drug-likeness (QED) is 0.560. The van der Waals surface area contributed by atoms with Crippen molar-refractivity contribution in [3.8, 4) is 11.5 Å². The highest BCUT2D eigenvalue weighted by Crippen LogP contribution is 2.24. The number of amides is 1. The Balaban J connectivity index is 1.56. The number of hydrogen-bond donors (Lipinski definition) is 2. The summed E-state index contributed by atoms with van der Waals surface area (Å²) >= 11 is 0. The van der Waals surface area contributed by atoms with Gasteiger partial charge in [-0.15, -0.1) is 0 Å². The molecule has 0 radical (unpaired) electrons. The summed E-state index contributed by atoms with van der Waals surface area (Å²) in [6.45, 7) is -0.124. The Kier molecular flexibility index (Phi) is 4.72. The first-order valence-electron chi connectivity index (χ1n) is 7.44. The molecule has 0 atom stereocenters.